The predicted molar refractivity (Wildman–Crippen MR) is 113 cm³/mol. The number of nitrogens with zero attached hydrogens (tertiary/aromatic N) is 1. The number of anilines is 2. The van der Waals surface area contributed by atoms with E-state index in [1.807, 2.05) is 41.8 Å². The average molecular weight is 414 g/mol. The molecule has 28 heavy (non-hydrogen) atoms. The van der Waals surface area contributed by atoms with Gasteiger partial charge in [0.2, 0.25) is 15.9 Å². The third-order valence-electron chi connectivity index (χ3n) is 4.31. The number of thiazole rings is 1. The Morgan fingerprint density at radius 2 is 1.82 bits per heavy atom. The van der Waals surface area contributed by atoms with E-state index in [0.717, 1.165) is 46.6 Å². The SMILES string of the molecule is CS(=O)(=O)Nc1ccc(-c2csc(-c3cccc(NC(=O)C4CC4)c3)n2)cc1. The van der Waals surface area contributed by atoms with Crippen molar-refractivity contribution in [3.63, 3.8) is 0 Å². The van der Waals surface area contributed by atoms with E-state index in [2.05, 4.69) is 15.0 Å². The smallest absolute Gasteiger partial charge is 0.229 e. The van der Waals surface area contributed by atoms with E-state index in [4.69, 9.17) is 0 Å². The number of sulfonamides is 1. The molecule has 3 aromatic rings. The third-order valence-corrected chi connectivity index (χ3v) is 5.81. The normalized spacial score (nSPS) is 13.9. The summed E-state index contributed by atoms with van der Waals surface area (Å²) >= 11 is 1.52. The highest BCUT2D eigenvalue weighted by molar-refractivity contribution is 7.92. The monoisotopic (exact) mass is 413 g/mol. The summed E-state index contributed by atoms with van der Waals surface area (Å²) in [5.41, 5.74) is 3.96. The summed E-state index contributed by atoms with van der Waals surface area (Å²) in [5, 5.41) is 5.78. The molecule has 4 rings (SSSR count). The Hall–Kier alpha value is -2.71. The summed E-state index contributed by atoms with van der Waals surface area (Å²) in [6.07, 6.45) is 3.06. The molecular weight excluding hydrogens is 394 g/mol. The van der Waals surface area contributed by atoms with E-state index in [9.17, 15) is 13.2 Å². The molecule has 1 saturated carbocycles. The van der Waals surface area contributed by atoms with Crippen LogP contribution in [0.15, 0.2) is 53.9 Å². The summed E-state index contributed by atoms with van der Waals surface area (Å²) < 4.78 is 25.1. The summed E-state index contributed by atoms with van der Waals surface area (Å²) in [6.45, 7) is 0. The molecule has 0 aliphatic heterocycles. The van der Waals surface area contributed by atoms with Gasteiger partial charge in [-0.3, -0.25) is 9.52 Å². The number of aromatic nitrogens is 1. The van der Waals surface area contributed by atoms with Gasteiger partial charge in [-0.15, -0.1) is 11.3 Å². The first-order valence-corrected chi connectivity index (χ1v) is 11.6. The van der Waals surface area contributed by atoms with E-state index in [1.54, 1.807) is 12.1 Å². The topological polar surface area (TPSA) is 88.2 Å². The molecule has 8 heteroatoms. The van der Waals surface area contributed by atoms with Gasteiger partial charge in [-0.25, -0.2) is 13.4 Å². The summed E-state index contributed by atoms with van der Waals surface area (Å²) in [6, 6.07) is 14.8. The van der Waals surface area contributed by atoms with Gasteiger partial charge in [-0.05, 0) is 37.1 Å². The van der Waals surface area contributed by atoms with Crippen molar-refractivity contribution in [1.29, 1.82) is 0 Å². The zero-order chi connectivity index (χ0) is 19.7. The first-order chi connectivity index (χ1) is 13.4. The number of rotatable bonds is 6. The van der Waals surface area contributed by atoms with Gasteiger partial charge in [0.15, 0.2) is 0 Å². The second-order valence-corrected chi connectivity index (χ2v) is 9.44. The Kier molecular flexibility index (Phi) is 4.91. The Morgan fingerprint density at radius 3 is 2.50 bits per heavy atom. The standard InChI is InChI=1S/C20H19N3O3S2/c1-28(25,26)23-16-9-7-13(8-10-16)18-12-27-20(22-18)15-3-2-4-17(11-15)21-19(24)14-5-6-14/h2-4,7-12,14,23H,5-6H2,1H3,(H,21,24). The van der Waals surface area contributed by atoms with Crippen LogP contribution in [0, 0.1) is 5.92 Å². The van der Waals surface area contributed by atoms with Crippen LogP contribution in [0.2, 0.25) is 0 Å². The lowest BCUT2D eigenvalue weighted by molar-refractivity contribution is -0.117. The maximum Gasteiger partial charge on any atom is 0.229 e. The van der Waals surface area contributed by atoms with Crippen molar-refractivity contribution in [2.24, 2.45) is 5.92 Å². The molecule has 0 saturated heterocycles. The van der Waals surface area contributed by atoms with Crippen LogP contribution in [0.3, 0.4) is 0 Å². The van der Waals surface area contributed by atoms with Crippen molar-refractivity contribution >= 4 is 38.6 Å². The predicted octanol–water partition coefficient (Wildman–Crippen LogP) is 4.20. The molecule has 1 aliphatic rings. The van der Waals surface area contributed by atoms with Crippen molar-refractivity contribution < 1.29 is 13.2 Å². The second kappa shape index (κ2) is 7.37. The van der Waals surface area contributed by atoms with E-state index in [-0.39, 0.29) is 11.8 Å². The molecule has 2 N–H and O–H groups in total. The Morgan fingerprint density at radius 1 is 1.07 bits per heavy atom. The number of carbonyl (C=O) groups is 1. The van der Waals surface area contributed by atoms with Gasteiger partial charge in [-0.2, -0.15) is 0 Å². The Labute approximate surface area is 167 Å². The van der Waals surface area contributed by atoms with Gasteiger partial charge < -0.3 is 5.32 Å². The first-order valence-electron chi connectivity index (χ1n) is 8.82. The van der Waals surface area contributed by atoms with Crippen LogP contribution in [0.1, 0.15) is 12.8 Å². The van der Waals surface area contributed by atoms with Crippen LogP contribution < -0.4 is 10.0 Å². The Bertz CT molecular complexity index is 1120. The molecule has 6 nitrogen and oxygen atoms in total. The zero-order valence-electron chi connectivity index (χ0n) is 15.2. The highest BCUT2D eigenvalue weighted by Gasteiger charge is 2.29. The molecule has 0 radical (unpaired) electrons. The van der Waals surface area contributed by atoms with Gasteiger partial charge >= 0.3 is 0 Å². The van der Waals surface area contributed by atoms with Crippen LogP contribution in [0.4, 0.5) is 11.4 Å². The summed E-state index contributed by atoms with van der Waals surface area (Å²) in [7, 11) is -3.29. The summed E-state index contributed by atoms with van der Waals surface area (Å²) in [5.74, 6) is 0.245. The quantitative estimate of drug-likeness (QED) is 0.634. The van der Waals surface area contributed by atoms with Crippen LogP contribution >= 0.6 is 11.3 Å². The lowest BCUT2D eigenvalue weighted by Crippen LogP contribution is -2.13. The fraction of sp³-hybridized carbons (Fsp3) is 0.200. The number of hydrogen-bond donors (Lipinski definition) is 2. The minimum Gasteiger partial charge on any atom is -0.326 e. The lowest BCUT2D eigenvalue weighted by atomic mass is 10.1. The first kappa shape index (κ1) is 18.6. The molecule has 0 bridgehead atoms. The second-order valence-electron chi connectivity index (χ2n) is 6.83. The average Bonchev–Trinajstić information content (AvgIpc) is 3.39. The highest BCUT2D eigenvalue weighted by atomic mass is 32.2. The van der Waals surface area contributed by atoms with Gasteiger partial charge in [-0.1, -0.05) is 24.3 Å². The highest BCUT2D eigenvalue weighted by Crippen LogP contribution is 2.32. The number of nitrogens with one attached hydrogen (secondary N) is 2. The minimum absolute atomic E-state index is 0.0831. The molecular formula is C20H19N3O3S2. The van der Waals surface area contributed by atoms with Gasteiger partial charge in [0, 0.05) is 33.8 Å². The fourth-order valence-corrected chi connectivity index (χ4v) is 4.17. The van der Waals surface area contributed by atoms with Crippen molar-refractivity contribution in [2.45, 2.75) is 12.8 Å². The largest absolute Gasteiger partial charge is 0.326 e. The van der Waals surface area contributed by atoms with Crippen molar-refractivity contribution in [3.8, 4) is 21.8 Å². The van der Waals surface area contributed by atoms with Crippen LogP contribution in [-0.4, -0.2) is 25.6 Å². The number of carbonyl (C=O) groups excluding carboxylic acids is 1. The maximum absolute atomic E-state index is 12.0. The van der Waals surface area contributed by atoms with Crippen LogP contribution in [0.25, 0.3) is 21.8 Å². The van der Waals surface area contributed by atoms with Gasteiger partial charge in [0.25, 0.3) is 0 Å². The molecule has 1 aromatic heterocycles. The van der Waals surface area contributed by atoms with E-state index >= 15 is 0 Å². The van der Waals surface area contributed by atoms with Crippen molar-refractivity contribution in [3.05, 3.63) is 53.9 Å². The number of hydrogen-bond acceptors (Lipinski definition) is 5. The molecule has 0 unspecified atom stereocenters. The zero-order valence-corrected chi connectivity index (χ0v) is 16.8. The third kappa shape index (κ3) is 4.58. The van der Waals surface area contributed by atoms with Gasteiger partial charge in [0.1, 0.15) is 5.01 Å². The molecule has 0 spiro atoms. The van der Waals surface area contributed by atoms with E-state index in [1.165, 1.54) is 11.3 Å². The molecule has 0 atom stereocenters. The molecule has 1 amide bonds. The number of amides is 1. The van der Waals surface area contributed by atoms with E-state index in [0.29, 0.717) is 5.69 Å². The molecule has 1 heterocycles. The maximum atomic E-state index is 12.0. The van der Waals surface area contributed by atoms with E-state index < -0.39 is 10.0 Å². The minimum atomic E-state index is -3.29. The lowest BCUT2D eigenvalue weighted by Gasteiger charge is -2.05. The van der Waals surface area contributed by atoms with Crippen LogP contribution in [0.5, 0.6) is 0 Å². The molecule has 1 fully saturated rings. The molecule has 2 aromatic carbocycles. The van der Waals surface area contributed by atoms with Gasteiger partial charge in [0.05, 0.1) is 11.9 Å². The molecule has 144 valence electrons. The van der Waals surface area contributed by atoms with Crippen molar-refractivity contribution in [2.75, 3.05) is 16.3 Å². The molecule has 1 aliphatic carbocycles. The summed E-state index contributed by atoms with van der Waals surface area (Å²) in [4.78, 5) is 16.6. The fourth-order valence-electron chi connectivity index (χ4n) is 2.78. The van der Waals surface area contributed by atoms with Crippen LogP contribution in [-0.2, 0) is 14.8 Å². The Balaban J connectivity index is 1.52. The number of benzene rings is 2. The van der Waals surface area contributed by atoms with Crippen molar-refractivity contribution in [1.82, 2.24) is 4.98 Å².